The van der Waals surface area contributed by atoms with E-state index in [-0.39, 0.29) is 17.9 Å². The quantitative estimate of drug-likeness (QED) is 0.788. The van der Waals surface area contributed by atoms with Gasteiger partial charge in [0.05, 0.1) is 18.2 Å². The maximum Gasteiger partial charge on any atom is 0.185 e. The molecule has 2 aromatic rings. The highest BCUT2D eigenvalue weighted by Crippen LogP contribution is 2.32. The average Bonchev–Trinajstić information content (AvgIpc) is 2.91. The summed E-state index contributed by atoms with van der Waals surface area (Å²) in [5, 5.41) is 9.73. The minimum absolute atomic E-state index is 0.0111. The van der Waals surface area contributed by atoms with E-state index < -0.39 is 17.7 Å². The number of nitriles is 1. The Kier molecular flexibility index (Phi) is 3.78. The van der Waals surface area contributed by atoms with Crippen molar-refractivity contribution in [2.75, 3.05) is 6.54 Å². The molecule has 0 aromatic heterocycles. The van der Waals surface area contributed by atoms with Crippen LogP contribution in [-0.2, 0) is 0 Å². The van der Waals surface area contributed by atoms with E-state index in [1.54, 1.807) is 24.3 Å². The van der Waals surface area contributed by atoms with Gasteiger partial charge in [0, 0.05) is 5.02 Å². The zero-order chi connectivity index (χ0) is 15.7. The lowest BCUT2D eigenvalue weighted by Gasteiger charge is -2.12. The van der Waals surface area contributed by atoms with Crippen molar-refractivity contribution >= 4 is 17.4 Å². The van der Waals surface area contributed by atoms with E-state index in [2.05, 4.69) is 4.99 Å². The fraction of sp³-hybridized carbons (Fsp3) is 0.125. The SMILES string of the molecule is N#CN1CC(c2ccccc2Cl)N=C1c1c(F)cccc1F. The summed E-state index contributed by atoms with van der Waals surface area (Å²) in [4.78, 5) is 5.50. The Labute approximate surface area is 131 Å². The van der Waals surface area contributed by atoms with Gasteiger partial charge in [-0.25, -0.2) is 8.78 Å². The van der Waals surface area contributed by atoms with E-state index in [9.17, 15) is 14.0 Å². The predicted molar refractivity (Wildman–Crippen MR) is 79.4 cm³/mol. The highest BCUT2D eigenvalue weighted by Gasteiger charge is 2.31. The lowest BCUT2D eigenvalue weighted by atomic mass is 10.1. The van der Waals surface area contributed by atoms with E-state index in [1.807, 2.05) is 6.19 Å². The fourth-order valence-corrected chi connectivity index (χ4v) is 2.69. The van der Waals surface area contributed by atoms with Crippen LogP contribution < -0.4 is 0 Å². The summed E-state index contributed by atoms with van der Waals surface area (Å²) >= 11 is 6.13. The van der Waals surface area contributed by atoms with Crippen LogP contribution in [0.4, 0.5) is 8.78 Å². The van der Waals surface area contributed by atoms with Gasteiger partial charge in [0.2, 0.25) is 0 Å². The highest BCUT2D eigenvalue weighted by atomic mass is 35.5. The normalized spacial score (nSPS) is 17.3. The minimum Gasteiger partial charge on any atom is -0.260 e. The number of rotatable bonds is 2. The molecule has 6 heteroatoms. The molecule has 1 aliphatic rings. The van der Waals surface area contributed by atoms with E-state index >= 15 is 0 Å². The molecule has 1 heterocycles. The first-order valence-electron chi connectivity index (χ1n) is 6.55. The Bertz CT molecular complexity index is 778. The molecule has 3 nitrogen and oxygen atoms in total. The van der Waals surface area contributed by atoms with E-state index in [1.165, 1.54) is 11.0 Å². The van der Waals surface area contributed by atoms with Crippen LogP contribution in [0, 0.1) is 23.1 Å². The van der Waals surface area contributed by atoms with Gasteiger partial charge in [0.1, 0.15) is 11.6 Å². The van der Waals surface area contributed by atoms with Gasteiger partial charge < -0.3 is 0 Å². The fourth-order valence-electron chi connectivity index (χ4n) is 2.43. The highest BCUT2D eigenvalue weighted by molar-refractivity contribution is 6.31. The second-order valence-corrected chi connectivity index (χ2v) is 5.20. The Morgan fingerprint density at radius 3 is 2.45 bits per heavy atom. The third-order valence-electron chi connectivity index (χ3n) is 3.46. The van der Waals surface area contributed by atoms with E-state index in [0.29, 0.717) is 5.02 Å². The van der Waals surface area contributed by atoms with Crippen molar-refractivity contribution in [3.05, 3.63) is 70.2 Å². The van der Waals surface area contributed by atoms with Crippen LogP contribution in [0.25, 0.3) is 0 Å². The third-order valence-corrected chi connectivity index (χ3v) is 3.80. The topological polar surface area (TPSA) is 39.4 Å². The standard InChI is InChI=1S/C16H10ClF2N3/c17-11-5-2-1-4-10(11)14-8-22(9-20)16(21-14)15-12(18)6-3-7-13(15)19/h1-7,14H,8H2. The molecule has 110 valence electrons. The van der Waals surface area contributed by atoms with E-state index in [0.717, 1.165) is 17.7 Å². The summed E-state index contributed by atoms with van der Waals surface area (Å²) in [7, 11) is 0. The van der Waals surface area contributed by atoms with Crippen LogP contribution in [0.5, 0.6) is 0 Å². The van der Waals surface area contributed by atoms with Crippen molar-refractivity contribution in [1.82, 2.24) is 4.90 Å². The summed E-state index contributed by atoms with van der Waals surface area (Å²) in [6, 6.07) is 10.2. The molecule has 1 atom stereocenters. The zero-order valence-electron chi connectivity index (χ0n) is 11.3. The number of benzene rings is 2. The molecule has 1 unspecified atom stereocenters. The Balaban J connectivity index is 2.09. The maximum atomic E-state index is 13.9. The molecule has 0 saturated carbocycles. The van der Waals surface area contributed by atoms with E-state index in [4.69, 9.17) is 11.6 Å². The third kappa shape index (κ3) is 2.42. The van der Waals surface area contributed by atoms with Gasteiger partial charge in [-0.1, -0.05) is 35.9 Å². The molecule has 1 aliphatic heterocycles. The van der Waals surface area contributed by atoms with Crippen molar-refractivity contribution in [2.45, 2.75) is 6.04 Å². The summed E-state index contributed by atoms with van der Waals surface area (Å²) in [6.07, 6.45) is 1.91. The molecule has 0 bridgehead atoms. The van der Waals surface area contributed by atoms with Gasteiger partial charge in [-0.3, -0.25) is 9.89 Å². The van der Waals surface area contributed by atoms with Gasteiger partial charge in [-0.15, -0.1) is 0 Å². The molecule has 0 saturated heterocycles. The minimum atomic E-state index is -0.751. The van der Waals surface area contributed by atoms with Gasteiger partial charge in [-0.05, 0) is 23.8 Å². The van der Waals surface area contributed by atoms with Crippen LogP contribution in [-0.4, -0.2) is 17.3 Å². The van der Waals surface area contributed by atoms with Gasteiger partial charge >= 0.3 is 0 Å². The number of halogens is 3. The van der Waals surface area contributed by atoms with Crippen LogP contribution in [0.2, 0.25) is 5.02 Å². The van der Waals surface area contributed by atoms with Crippen molar-refractivity contribution in [1.29, 1.82) is 5.26 Å². The first-order chi connectivity index (χ1) is 10.6. The average molecular weight is 318 g/mol. The van der Waals surface area contributed by atoms with Crippen molar-refractivity contribution in [3.8, 4) is 6.19 Å². The lowest BCUT2D eigenvalue weighted by Crippen LogP contribution is -2.25. The number of aliphatic imine (C=N–C) groups is 1. The molecule has 0 spiro atoms. The van der Waals surface area contributed by atoms with Crippen molar-refractivity contribution in [3.63, 3.8) is 0 Å². The Morgan fingerprint density at radius 1 is 1.14 bits per heavy atom. The maximum absolute atomic E-state index is 13.9. The number of nitrogens with zero attached hydrogens (tertiary/aromatic N) is 3. The largest absolute Gasteiger partial charge is 0.260 e. The molecular formula is C16H10ClF2N3. The molecule has 2 aromatic carbocycles. The number of hydrogen-bond acceptors (Lipinski definition) is 3. The molecule has 0 N–H and O–H groups in total. The van der Waals surface area contributed by atoms with Crippen LogP contribution in [0.1, 0.15) is 17.2 Å². The van der Waals surface area contributed by atoms with Crippen molar-refractivity contribution < 1.29 is 8.78 Å². The summed E-state index contributed by atoms with van der Waals surface area (Å²) in [5.74, 6) is -1.51. The lowest BCUT2D eigenvalue weighted by molar-refractivity contribution is 0.548. The number of hydrogen-bond donors (Lipinski definition) is 0. The zero-order valence-corrected chi connectivity index (χ0v) is 12.1. The first kappa shape index (κ1) is 14.5. The van der Waals surface area contributed by atoms with Crippen LogP contribution in [0.15, 0.2) is 47.5 Å². The van der Waals surface area contributed by atoms with Gasteiger partial charge in [0.25, 0.3) is 0 Å². The molecule has 3 rings (SSSR count). The first-order valence-corrected chi connectivity index (χ1v) is 6.93. The second kappa shape index (κ2) is 5.74. The Hall–Kier alpha value is -2.45. The molecular weight excluding hydrogens is 308 g/mol. The van der Waals surface area contributed by atoms with Gasteiger partial charge in [0.15, 0.2) is 12.0 Å². The van der Waals surface area contributed by atoms with Gasteiger partial charge in [-0.2, -0.15) is 5.26 Å². The molecule has 0 aliphatic carbocycles. The summed E-state index contributed by atoms with van der Waals surface area (Å²) < 4.78 is 27.9. The second-order valence-electron chi connectivity index (χ2n) is 4.80. The molecule has 0 fully saturated rings. The summed E-state index contributed by atoms with van der Waals surface area (Å²) in [5.41, 5.74) is 0.426. The predicted octanol–water partition coefficient (Wildman–Crippen LogP) is 3.90. The Morgan fingerprint density at radius 2 is 1.82 bits per heavy atom. The van der Waals surface area contributed by atoms with Crippen molar-refractivity contribution in [2.24, 2.45) is 4.99 Å². The molecule has 0 amide bonds. The molecule has 0 radical (unpaired) electrons. The monoisotopic (exact) mass is 317 g/mol. The van der Waals surface area contributed by atoms with Crippen LogP contribution in [0.3, 0.4) is 0 Å². The smallest absolute Gasteiger partial charge is 0.185 e. The molecule has 22 heavy (non-hydrogen) atoms. The van der Waals surface area contributed by atoms with Crippen LogP contribution >= 0.6 is 11.6 Å². The summed E-state index contributed by atoms with van der Waals surface area (Å²) in [6.45, 7) is 0.198. The number of amidine groups is 1.